The second kappa shape index (κ2) is 5.93. The van der Waals surface area contributed by atoms with Crippen molar-refractivity contribution in [1.29, 1.82) is 5.26 Å². The van der Waals surface area contributed by atoms with Crippen molar-refractivity contribution >= 4 is 0 Å². The maximum Gasteiger partial charge on any atom is 0.213 e. The Morgan fingerprint density at radius 2 is 1.68 bits per heavy atom. The lowest BCUT2D eigenvalue weighted by Crippen LogP contribution is -2.67. The molecule has 1 aromatic carbocycles. The van der Waals surface area contributed by atoms with Gasteiger partial charge in [-0.15, -0.1) is 0 Å². The van der Waals surface area contributed by atoms with E-state index in [1.165, 1.54) is 42.5 Å². The third kappa shape index (κ3) is 2.06. The van der Waals surface area contributed by atoms with Crippen LogP contribution in [0.3, 0.4) is 0 Å². The number of benzene rings is 1. The summed E-state index contributed by atoms with van der Waals surface area (Å²) in [6, 6.07) is 11.3. The van der Waals surface area contributed by atoms with Crippen LogP contribution in [0.2, 0.25) is 0 Å². The highest BCUT2D eigenvalue weighted by molar-refractivity contribution is 5.68. The van der Waals surface area contributed by atoms with Gasteiger partial charge in [-0.3, -0.25) is 0 Å². The van der Waals surface area contributed by atoms with Crippen molar-refractivity contribution in [3.05, 3.63) is 52.7 Å². The van der Waals surface area contributed by atoms with Crippen LogP contribution in [0.4, 0.5) is 0 Å². The molecule has 0 N–H and O–H groups in total. The summed E-state index contributed by atoms with van der Waals surface area (Å²) in [7, 11) is 0. The molecule has 2 atom stereocenters. The molecular weight excluding hydrogens is 340 g/mol. The van der Waals surface area contributed by atoms with Gasteiger partial charge >= 0.3 is 0 Å². The van der Waals surface area contributed by atoms with E-state index in [9.17, 15) is 5.26 Å². The minimum Gasteiger partial charge on any atom is -0.192 e. The van der Waals surface area contributed by atoms with Crippen LogP contribution in [-0.2, 0) is 11.0 Å². The number of hydrogen-bond donors (Lipinski definition) is 0. The number of rotatable bonds is 2. The highest BCUT2D eigenvalue weighted by atomic mass is 15.1. The monoisotopic (exact) mass is 371 g/mol. The molecule has 1 saturated carbocycles. The number of aromatic nitrogens is 1. The number of nitriles is 1. The fourth-order valence-electron chi connectivity index (χ4n) is 6.60. The molecule has 2 bridgehead atoms. The van der Waals surface area contributed by atoms with Crippen LogP contribution >= 0.6 is 0 Å². The van der Waals surface area contributed by atoms with Gasteiger partial charge in [0.2, 0.25) is 5.69 Å². The van der Waals surface area contributed by atoms with E-state index in [0.29, 0.717) is 0 Å². The lowest BCUT2D eigenvalue weighted by atomic mass is 9.60. The fraction of sp³-hybridized carbons (Fsp3) is 0.538. The molecule has 144 valence electrons. The predicted octanol–water partition coefficient (Wildman–Crippen LogP) is 6.07. The third-order valence-electron chi connectivity index (χ3n) is 8.90. The maximum absolute atomic E-state index is 9.54. The lowest BCUT2D eigenvalue weighted by molar-refractivity contribution is -0.765. The zero-order valence-corrected chi connectivity index (χ0v) is 17.7. The molecule has 0 spiro atoms. The van der Waals surface area contributed by atoms with Gasteiger partial charge in [0, 0.05) is 25.0 Å². The summed E-state index contributed by atoms with van der Waals surface area (Å²) in [5.41, 5.74) is 8.08. The topological polar surface area (TPSA) is 27.7 Å². The van der Waals surface area contributed by atoms with Gasteiger partial charge in [0.25, 0.3) is 0 Å². The molecule has 3 aliphatic carbocycles. The Bertz CT molecular complexity index is 1010. The molecule has 1 aromatic heterocycles. The van der Waals surface area contributed by atoms with Gasteiger partial charge in [0.05, 0.1) is 22.6 Å². The normalized spacial score (nSPS) is 32.2. The van der Waals surface area contributed by atoms with E-state index < -0.39 is 0 Å². The zero-order chi connectivity index (χ0) is 19.7. The average Bonchev–Trinajstić information content (AvgIpc) is 2.76. The van der Waals surface area contributed by atoms with E-state index in [0.717, 1.165) is 30.2 Å². The van der Waals surface area contributed by atoms with E-state index in [1.807, 2.05) is 6.07 Å². The molecular formula is C26H31N2+. The van der Waals surface area contributed by atoms with Crippen molar-refractivity contribution in [3.63, 3.8) is 0 Å². The Labute approximate surface area is 169 Å². The minimum atomic E-state index is 0.0317. The Morgan fingerprint density at radius 3 is 2.29 bits per heavy atom. The first kappa shape index (κ1) is 17.9. The first-order chi connectivity index (χ1) is 13.5. The highest BCUT2D eigenvalue weighted by Gasteiger charge is 2.57. The number of hydrogen-bond acceptors (Lipinski definition) is 1. The molecule has 1 aliphatic heterocycles. The number of fused-ring (bicyclic) bond motifs is 5. The average molecular weight is 372 g/mol. The molecule has 0 saturated heterocycles. The summed E-state index contributed by atoms with van der Waals surface area (Å²) in [6.07, 6.45) is 10.1. The van der Waals surface area contributed by atoms with Crippen LogP contribution in [0.25, 0.3) is 11.3 Å². The van der Waals surface area contributed by atoms with E-state index in [-0.39, 0.29) is 11.0 Å². The van der Waals surface area contributed by atoms with Gasteiger partial charge in [-0.1, -0.05) is 19.9 Å². The Kier molecular flexibility index (Phi) is 3.80. The summed E-state index contributed by atoms with van der Waals surface area (Å²) in [5.74, 6) is 1.49. The standard InChI is InChI=1S/C26H31N2/c1-5-25(3)23-12-7-17(15-27)13-21(23)24-14-20-18-8-10-19(11-9-18)22(20)16-28(24)26(25,4)6-2/h7,12-14,16,18-19H,5-6,8-11H2,1-4H3/q+1. The highest BCUT2D eigenvalue weighted by Crippen LogP contribution is 2.53. The van der Waals surface area contributed by atoms with Gasteiger partial charge in [0.15, 0.2) is 11.7 Å². The molecule has 2 nitrogen and oxygen atoms in total. The van der Waals surface area contributed by atoms with Gasteiger partial charge in [-0.2, -0.15) is 9.83 Å². The van der Waals surface area contributed by atoms with Crippen LogP contribution < -0.4 is 4.57 Å². The van der Waals surface area contributed by atoms with Crippen molar-refractivity contribution in [3.8, 4) is 17.3 Å². The van der Waals surface area contributed by atoms with E-state index >= 15 is 0 Å². The molecule has 0 amide bonds. The molecule has 1 fully saturated rings. The van der Waals surface area contributed by atoms with Gasteiger partial charge in [0.1, 0.15) is 0 Å². The summed E-state index contributed by atoms with van der Waals surface area (Å²) in [5, 5.41) is 9.54. The van der Waals surface area contributed by atoms with Crippen molar-refractivity contribution < 1.29 is 4.57 Å². The fourth-order valence-corrected chi connectivity index (χ4v) is 6.60. The van der Waals surface area contributed by atoms with Crippen molar-refractivity contribution in [1.82, 2.24) is 0 Å². The Balaban J connectivity index is 1.87. The largest absolute Gasteiger partial charge is 0.213 e. The Morgan fingerprint density at radius 1 is 1.00 bits per heavy atom. The quantitative estimate of drug-likeness (QED) is 0.588. The predicted molar refractivity (Wildman–Crippen MR) is 112 cm³/mol. The SMILES string of the molecule is CCC1(C)c2ccc(C#N)cc2-c2cc3c(c[n+]2C1(C)CC)C1CCC3CC1. The minimum absolute atomic E-state index is 0.0317. The number of pyridine rings is 1. The van der Waals surface area contributed by atoms with Gasteiger partial charge < -0.3 is 0 Å². The molecule has 2 aromatic rings. The van der Waals surface area contributed by atoms with Crippen LogP contribution in [0.15, 0.2) is 30.5 Å². The summed E-state index contributed by atoms with van der Waals surface area (Å²) >= 11 is 0. The van der Waals surface area contributed by atoms with E-state index in [2.05, 4.69) is 62.7 Å². The first-order valence-electron chi connectivity index (χ1n) is 11.1. The molecule has 2 heteroatoms. The van der Waals surface area contributed by atoms with Crippen LogP contribution in [0, 0.1) is 11.3 Å². The maximum atomic E-state index is 9.54. The van der Waals surface area contributed by atoms with Crippen LogP contribution in [0.1, 0.15) is 100 Å². The second-order valence-electron chi connectivity index (χ2n) is 9.67. The number of nitrogens with zero attached hydrogens (tertiary/aromatic N) is 2. The van der Waals surface area contributed by atoms with Crippen molar-refractivity contribution in [2.75, 3.05) is 0 Å². The molecule has 28 heavy (non-hydrogen) atoms. The summed E-state index contributed by atoms with van der Waals surface area (Å²) in [6.45, 7) is 9.55. The third-order valence-corrected chi connectivity index (χ3v) is 8.90. The summed E-state index contributed by atoms with van der Waals surface area (Å²) in [4.78, 5) is 0. The van der Waals surface area contributed by atoms with Crippen molar-refractivity contribution in [2.24, 2.45) is 0 Å². The van der Waals surface area contributed by atoms with Crippen LogP contribution in [-0.4, -0.2) is 0 Å². The van der Waals surface area contributed by atoms with Gasteiger partial charge in [-0.25, -0.2) is 0 Å². The molecule has 4 aliphatic rings. The zero-order valence-electron chi connectivity index (χ0n) is 17.7. The van der Waals surface area contributed by atoms with Gasteiger partial charge in [-0.05, 0) is 74.1 Å². The van der Waals surface area contributed by atoms with Crippen LogP contribution in [0.5, 0.6) is 0 Å². The van der Waals surface area contributed by atoms with E-state index in [1.54, 1.807) is 11.1 Å². The summed E-state index contributed by atoms with van der Waals surface area (Å²) < 4.78 is 2.61. The lowest BCUT2D eigenvalue weighted by Gasteiger charge is -2.47. The van der Waals surface area contributed by atoms with E-state index in [4.69, 9.17) is 0 Å². The Hall–Kier alpha value is -2.14. The van der Waals surface area contributed by atoms with Crippen molar-refractivity contribution in [2.45, 2.75) is 89.0 Å². The first-order valence-corrected chi connectivity index (χ1v) is 11.1. The molecule has 2 heterocycles. The molecule has 6 rings (SSSR count). The second-order valence-corrected chi connectivity index (χ2v) is 9.67. The molecule has 0 radical (unpaired) electrons. The molecule has 2 unspecified atom stereocenters. The smallest absolute Gasteiger partial charge is 0.192 e.